The fourth-order valence-electron chi connectivity index (χ4n) is 4.77. The molecule has 7 heteroatoms. The van der Waals surface area contributed by atoms with Crippen LogP contribution in [0.15, 0.2) is 0 Å². The molecule has 0 aromatic heterocycles. The van der Waals surface area contributed by atoms with Crippen LogP contribution in [-0.2, 0) is 4.74 Å². The maximum absolute atomic E-state index is 11.6. The summed E-state index contributed by atoms with van der Waals surface area (Å²) < 4.78 is 5.21. The van der Waals surface area contributed by atoms with Gasteiger partial charge in [-0.05, 0) is 43.2 Å². The van der Waals surface area contributed by atoms with E-state index in [4.69, 9.17) is 4.74 Å². The number of aliphatic hydroxyl groups is 1. The zero-order valence-corrected chi connectivity index (χ0v) is 20.5. The summed E-state index contributed by atoms with van der Waals surface area (Å²) in [4.78, 5) is 2.36. The fraction of sp³-hybridized carbons (Fsp3) is 1.00. The van der Waals surface area contributed by atoms with Gasteiger partial charge in [0.05, 0.1) is 12.3 Å². The van der Waals surface area contributed by atoms with Crippen molar-refractivity contribution in [1.82, 2.24) is 26.2 Å². The lowest BCUT2D eigenvalue weighted by Gasteiger charge is -2.49. The molecule has 2 fully saturated rings. The van der Waals surface area contributed by atoms with Crippen molar-refractivity contribution in [2.24, 2.45) is 23.2 Å². The minimum atomic E-state index is -0.495. The summed E-state index contributed by atoms with van der Waals surface area (Å²) in [6, 6.07) is 0.376. The molecule has 2 aliphatic heterocycles. The number of piperidine rings is 1. The Kier molecular flexibility index (Phi) is 10.5. The maximum atomic E-state index is 11.6. The first-order valence-electron chi connectivity index (χ1n) is 12.0. The highest BCUT2D eigenvalue weighted by Gasteiger charge is 2.41. The van der Waals surface area contributed by atoms with Crippen molar-refractivity contribution in [2.45, 2.75) is 79.0 Å². The summed E-state index contributed by atoms with van der Waals surface area (Å²) in [7, 11) is 1.74. The Labute approximate surface area is 185 Å². The van der Waals surface area contributed by atoms with Gasteiger partial charge in [-0.3, -0.25) is 10.2 Å². The Morgan fingerprint density at radius 3 is 2.53 bits per heavy atom. The second-order valence-electron chi connectivity index (χ2n) is 11.0. The van der Waals surface area contributed by atoms with Gasteiger partial charge in [0.25, 0.3) is 0 Å². The average Bonchev–Trinajstić information content (AvgIpc) is 2.68. The number of methoxy groups -OCH3 is 1. The highest BCUT2D eigenvalue weighted by Crippen LogP contribution is 2.27. The van der Waals surface area contributed by atoms with Crippen molar-refractivity contribution in [1.29, 1.82) is 0 Å². The summed E-state index contributed by atoms with van der Waals surface area (Å²) in [5.74, 6) is 1.22. The van der Waals surface area contributed by atoms with Crippen LogP contribution in [0.1, 0.15) is 54.4 Å². The third kappa shape index (κ3) is 7.69. The molecule has 7 nitrogen and oxygen atoms in total. The molecule has 0 amide bonds. The van der Waals surface area contributed by atoms with Crippen LogP contribution in [0.5, 0.6) is 0 Å². The predicted molar refractivity (Wildman–Crippen MR) is 124 cm³/mol. The molecular weight excluding hydrogens is 378 g/mol. The number of nitrogens with zero attached hydrogens (tertiary/aromatic N) is 1. The van der Waals surface area contributed by atoms with Crippen molar-refractivity contribution in [3.63, 3.8) is 0 Å². The zero-order chi connectivity index (χ0) is 22.3. The van der Waals surface area contributed by atoms with Gasteiger partial charge in [0, 0.05) is 45.3 Å². The molecule has 5 N–H and O–H groups in total. The van der Waals surface area contributed by atoms with Crippen LogP contribution in [0.4, 0.5) is 0 Å². The van der Waals surface area contributed by atoms with Crippen LogP contribution in [0.2, 0.25) is 0 Å². The Morgan fingerprint density at radius 2 is 1.93 bits per heavy atom. The first-order chi connectivity index (χ1) is 14.1. The molecule has 0 aromatic rings. The van der Waals surface area contributed by atoms with E-state index >= 15 is 0 Å². The number of hydrogen-bond acceptors (Lipinski definition) is 7. The van der Waals surface area contributed by atoms with Crippen LogP contribution >= 0.6 is 0 Å². The standard InChI is InChI=1S/C23H49N5O2/c1-16(2)15-28(18-11-17(3)12-24-13-18)21(29)19-14-26-22(23(4,5)6)27-20(19)25-9-8-10-30-7/h16-22,24-27,29H,8-15H2,1-7H3/t17-,18+,19?,20?,21?,22?/m1/s1. The minimum Gasteiger partial charge on any atom is -0.385 e. The van der Waals surface area contributed by atoms with Gasteiger partial charge in [-0.15, -0.1) is 0 Å². The van der Waals surface area contributed by atoms with Crippen LogP contribution in [0.3, 0.4) is 0 Å². The largest absolute Gasteiger partial charge is 0.385 e. The smallest absolute Gasteiger partial charge is 0.114 e. The lowest BCUT2D eigenvalue weighted by Crippen LogP contribution is -2.71. The van der Waals surface area contributed by atoms with Crippen LogP contribution in [0, 0.1) is 23.2 Å². The van der Waals surface area contributed by atoms with E-state index in [1.807, 2.05) is 0 Å². The van der Waals surface area contributed by atoms with E-state index in [1.54, 1.807) is 7.11 Å². The van der Waals surface area contributed by atoms with E-state index in [0.717, 1.165) is 52.2 Å². The van der Waals surface area contributed by atoms with Gasteiger partial charge in [0.2, 0.25) is 0 Å². The molecule has 0 saturated carbocycles. The van der Waals surface area contributed by atoms with E-state index in [2.05, 4.69) is 67.7 Å². The summed E-state index contributed by atoms with van der Waals surface area (Å²) >= 11 is 0. The highest BCUT2D eigenvalue weighted by atomic mass is 16.5. The van der Waals surface area contributed by atoms with Crippen LogP contribution in [-0.4, -0.2) is 81.0 Å². The fourth-order valence-corrected chi connectivity index (χ4v) is 4.77. The minimum absolute atomic E-state index is 0.0611. The molecule has 2 rings (SSSR count). The molecule has 2 heterocycles. The predicted octanol–water partition coefficient (Wildman–Crippen LogP) is 1.39. The molecule has 0 aliphatic carbocycles. The molecule has 30 heavy (non-hydrogen) atoms. The summed E-state index contributed by atoms with van der Waals surface area (Å²) in [6.45, 7) is 18.9. The van der Waals surface area contributed by atoms with Crippen molar-refractivity contribution >= 4 is 0 Å². The molecule has 4 unspecified atom stereocenters. The number of nitrogens with one attached hydrogen (secondary N) is 4. The Bertz CT molecular complexity index is 485. The Morgan fingerprint density at radius 1 is 1.20 bits per heavy atom. The molecule has 0 bridgehead atoms. The number of hydrogen-bond donors (Lipinski definition) is 5. The molecule has 0 radical (unpaired) electrons. The molecule has 2 saturated heterocycles. The third-order valence-corrected chi connectivity index (χ3v) is 6.40. The van der Waals surface area contributed by atoms with Gasteiger partial charge in [-0.25, -0.2) is 0 Å². The van der Waals surface area contributed by atoms with E-state index in [-0.39, 0.29) is 23.7 Å². The van der Waals surface area contributed by atoms with Gasteiger partial charge >= 0.3 is 0 Å². The topological polar surface area (TPSA) is 80.8 Å². The monoisotopic (exact) mass is 427 g/mol. The first-order valence-corrected chi connectivity index (χ1v) is 12.0. The van der Waals surface area contributed by atoms with Gasteiger partial charge < -0.3 is 25.8 Å². The Hall–Kier alpha value is -0.280. The van der Waals surface area contributed by atoms with Crippen molar-refractivity contribution < 1.29 is 9.84 Å². The summed E-state index contributed by atoms with van der Waals surface area (Å²) in [5, 5.41) is 26.3. The van der Waals surface area contributed by atoms with Gasteiger partial charge in [-0.2, -0.15) is 0 Å². The number of rotatable bonds is 10. The Balaban J connectivity index is 2.14. The number of aliphatic hydroxyl groups excluding tert-OH is 1. The van der Waals surface area contributed by atoms with Crippen molar-refractivity contribution in [3.8, 4) is 0 Å². The van der Waals surface area contributed by atoms with Crippen LogP contribution in [0.25, 0.3) is 0 Å². The van der Waals surface area contributed by atoms with Gasteiger partial charge in [0.15, 0.2) is 0 Å². The molecule has 178 valence electrons. The molecule has 2 aliphatic rings. The zero-order valence-electron chi connectivity index (χ0n) is 20.5. The van der Waals surface area contributed by atoms with E-state index in [9.17, 15) is 5.11 Å². The molecular formula is C23H49N5O2. The van der Waals surface area contributed by atoms with Gasteiger partial charge in [-0.1, -0.05) is 41.5 Å². The summed E-state index contributed by atoms with van der Waals surface area (Å²) in [5.41, 5.74) is 0.0999. The van der Waals surface area contributed by atoms with E-state index < -0.39 is 6.23 Å². The van der Waals surface area contributed by atoms with E-state index in [1.165, 1.54) is 0 Å². The quantitative estimate of drug-likeness (QED) is 0.266. The normalized spacial score (nSPS) is 32.0. The summed E-state index contributed by atoms with van der Waals surface area (Å²) in [6.07, 6.45) is 1.87. The second kappa shape index (κ2) is 12.1. The average molecular weight is 428 g/mol. The highest BCUT2D eigenvalue weighted by molar-refractivity contribution is 4.95. The van der Waals surface area contributed by atoms with Crippen molar-refractivity contribution in [2.75, 3.05) is 46.4 Å². The molecule has 0 aromatic carbocycles. The van der Waals surface area contributed by atoms with Crippen molar-refractivity contribution in [3.05, 3.63) is 0 Å². The second-order valence-corrected chi connectivity index (χ2v) is 11.0. The maximum Gasteiger partial charge on any atom is 0.114 e. The molecule has 0 spiro atoms. The van der Waals surface area contributed by atoms with Crippen LogP contribution < -0.4 is 21.3 Å². The number of ether oxygens (including phenoxy) is 1. The lowest BCUT2D eigenvalue weighted by molar-refractivity contribution is -0.0986. The molecule has 6 atom stereocenters. The SMILES string of the molecule is COCCCNC1NC(C(C)(C)C)NCC1C(O)N(CC(C)C)[C@@H]1CNC[C@H](C)C1. The lowest BCUT2D eigenvalue weighted by atomic mass is 9.87. The van der Waals surface area contributed by atoms with E-state index in [0.29, 0.717) is 17.9 Å². The van der Waals surface area contributed by atoms with Gasteiger partial charge in [0.1, 0.15) is 6.23 Å². The first kappa shape index (κ1) is 26.0. The third-order valence-electron chi connectivity index (χ3n) is 6.40.